The number of aromatic nitrogens is 2. The van der Waals surface area contributed by atoms with Gasteiger partial charge in [0.15, 0.2) is 0 Å². The molecule has 0 spiro atoms. The van der Waals surface area contributed by atoms with Crippen LogP contribution in [0.5, 0.6) is 0 Å². The molecule has 0 aliphatic heterocycles. The average molecular weight is 213 g/mol. The van der Waals surface area contributed by atoms with Crippen molar-refractivity contribution in [1.82, 2.24) is 10.2 Å². The average Bonchev–Trinajstić information content (AvgIpc) is 2.46. The van der Waals surface area contributed by atoms with Crippen molar-refractivity contribution in [1.29, 1.82) is 0 Å². The molecule has 0 radical (unpaired) electrons. The summed E-state index contributed by atoms with van der Waals surface area (Å²) in [5, 5.41) is 17.9. The van der Waals surface area contributed by atoms with Gasteiger partial charge < -0.3 is 0 Å². The Kier molecular flexibility index (Phi) is 3.52. The molecule has 0 aromatic carbocycles. The Morgan fingerprint density at radius 3 is 3.00 bits per heavy atom. The van der Waals surface area contributed by atoms with E-state index in [4.69, 9.17) is 10.8 Å². The molecule has 0 saturated carbocycles. The van der Waals surface area contributed by atoms with Crippen LogP contribution in [0.1, 0.15) is 5.69 Å². The van der Waals surface area contributed by atoms with Crippen LogP contribution in [0.15, 0.2) is 0 Å². The quantitative estimate of drug-likeness (QED) is 0.518. The third-order valence-corrected chi connectivity index (χ3v) is 2.78. The van der Waals surface area contributed by atoms with Crippen LogP contribution in [0, 0.1) is 5.95 Å². The minimum absolute atomic E-state index is 0.0457. The van der Waals surface area contributed by atoms with E-state index in [2.05, 4.69) is 15.6 Å². The molecule has 5 nitrogen and oxygen atoms in total. The molecule has 74 valence electrons. The van der Waals surface area contributed by atoms with Gasteiger partial charge in [0.25, 0.3) is 0 Å². The maximum absolute atomic E-state index is 12.9. The van der Waals surface area contributed by atoms with Gasteiger partial charge in [-0.2, -0.15) is 0 Å². The summed E-state index contributed by atoms with van der Waals surface area (Å²) in [6.07, 6.45) is 0.0457. The Morgan fingerprint density at radius 2 is 2.50 bits per heavy atom. The molecule has 1 aromatic heterocycles. The van der Waals surface area contributed by atoms with Gasteiger partial charge in [0.2, 0.25) is 0 Å². The number of nitrogens with one attached hydrogen (secondary N) is 1. The molecule has 0 aliphatic rings. The first-order valence-corrected chi connectivity index (χ1v) is 5.29. The second-order valence-corrected chi connectivity index (χ2v) is 3.75. The summed E-state index contributed by atoms with van der Waals surface area (Å²) >= 11 is -0.491. The molecular formula is C7H9AlFN3O2. The van der Waals surface area contributed by atoms with Crippen LogP contribution in [-0.4, -0.2) is 47.5 Å². The standard InChI is InChI=1S/C6H7FN3O2.CH2.Al/c7-5-2-3(9-10-5)1-4(8)6(11)12;;/h4H,1,8H2,(H,9,10)(H,11,12);1H2;. The van der Waals surface area contributed by atoms with Crippen LogP contribution in [0.2, 0.25) is 0 Å². The summed E-state index contributed by atoms with van der Waals surface area (Å²) in [4.78, 5) is 10.4. The maximum atomic E-state index is 12.9. The number of halogens is 1. The van der Waals surface area contributed by atoms with Crippen molar-refractivity contribution < 1.29 is 14.3 Å². The molecule has 1 heterocycles. The van der Waals surface area contributed by atoms with Crippen molar-refractivity contribution in [2.45, 2.75) is 12.5 Å². The second kappa shape index (κ2) is 4.46. The molecule has 0 saturated heterocycles. The van der Waals surface area contributed by atoms with Crippen LogP contribution in [0.4, 0.5) is 4.39 Å². The fraction of sp³-hybridized carbons (Fsp3) is 0.286. The summed E-state index contributed by atoms with van der Waals surface area (Å²) in [6.45, 7) is 0. The van der Waals surface area contributed by atoms with Crippen LogP contribution in [0.25, 0.3) is 0 Å². The van der Waals surface area contributed by atoms with Crippen molar-refractivity contribution in [2.24, 2.45) is 5.73 Å². The number of rotatable bonds is 4. The Bertz CT molecular complexity index is 366. The van der Waals surface area contributed by atoms with E-state index in [0.717, 1.165) is 0 Å². The van der Waals surface area contributed by atoms with E-state index in [-0.39, 0.29) is 6.42 Å². The summed E-state index contributed by atoms with van der Waals surface area (Å²) in [5.74, 6) is -1.73. The van der Waals surface area contributed by atoms with Gasteiger partial charge in [-0.1, -0.05) is 0 Å². The van der Waals surface area contributed by atoms with Gasteiger partial charge in [-0.3, -0.25) is 0 Å². The number of carboxylic acids is 1. The molecule has 1 aromatic rings. The summed E-state index contributed by atoms with van der Waals surface area (Å²) < 4.78 is 13.3. The van der Waals surface area contributed by atoms with Crippen molar-refractivity contribution >= 4 is 30.6 Å². The van der Waals surface area contributed by atoms with Crippen LogP contribution < -0.4 is 10.2 Å². The topological polar surface area (TPSA) is 92.0 Å². The molecule has 0 bridgehead atoms. The first-order valence-electron chi connectivity index (χ1n) is 3.89. The van der Waals surface area contributed by atoms with E-state index in [0.29, 0.717) is 10.1 Å². The van der Waals surface area contributed by atoms with Gasteiger partial charge >= 0.3 is 84.9 Å². The zero-order valence-corrected chi connectivity index (χ0v) is 8.48. The summed E-state index contributed by atoms with van der Waals surface area (Å²) in [5.41, 5.74) is 5.73. The number of hydrogen-bond donors (Lipinski definition) is 3. The van der Waals surface area contributed by atoms with E-state index in [1.807, 2.05) is 0 Å². The van der Waals surface area contributed by atoms with Crippen molar-refractivity contribution in [3.05, 3.63) is 11.6 Å². The predicted octanol–water partition coefficient (Wildman–Crippen LogP) is -1.74. The first-order chi connectivity index (χ1) is 6.56. The molecular weight excluding hydrogens is 204 g/mol. The monoisotopic (exact) mass is 213 g/mol. The predicted molar refractivity (Wildman–Crippen MR) is 50.4 cm³/mol. The SMILES string of the molecule is [CH2]=[Al][c]1c(F)n[nH]c1CC(N)C(=O)O. The van der Waals surface area contributed by atoms with Crippen molar-refractivity contribution in [2.75, 3.05) is 0 Å². The number of aliphatic carboxylic acids is 1. The molecule has 0 aliphatic carbocycles. The normalized spacial score (nSPS) is 12.1. The Labute approximate surface area is 85.4 Å². The van der Waals surface area contributed by atoms with Gasteiger partial charge in [0.1, 0.15) is 0 Å². The molecule has 7 heteroatoms. The van der Waals surface area contributed by atoms with Crippen LogP contribution >= 0.6 is 0 Å². The number of nitrogens with zero attached hydrogens (tertiary/aromatic N) is 1. The Hall–Kier alpha value is -1.03. The Balaban J connectivity index is 2.86. The number of carbonyl (C=O) groups is 1. The number of hydrogen-bond acceptors (Lipinski definition) is 3. The molecule has 0 fully saturated rings. The number of H-pyrrole nitrogens is 1. The van der Waals surface area contributed by atoms with Crippen LogP contribution in [0.3, 0.4) is 0 Å². The molecule has 1 unspecified atom stereocenters. The minimum atomic E-state index is -1.12. The van der Waals surface area contributed by atoms with E-state index in [9.17, 15) is 9.18 Å². The van der Waals surface area contributed by atoms with Gasteiger partial charge in [-0.25, -0.2) is 0 Å². The Morgan fingerprint density at radius 1 is 1.86 bits per heavy atom. The van der Waals surface area contributed by atoms with Gasteiger partial charge in [-0.15, -0.1) is 0 Å². The summed E-state index contributed by atoms with van der Waals surface area (Å²) in [6, 6.07) is -1.04. The van der Waals surface area contributed by atoms with Gasteiger partial charge in [0.05, 0.1) is 0 Å². The van der Waals surface area contributed by atoms with E-state index < -0.39 is 32.7 Å². The third kappa shape index (κ3) is 2.26. The number of nitrogens with two attached hydrogens (primary N) is 1. The fourth-order valence-electron chi connectivity index (χ4n) is 1.03. The third-order valence-electron chi connectivity index (χ3n) is 1.78. The zero-order valence-electron chi connectivity index (χ0n) is 7.33. The van der Waals surface area contributed by atoms with E-state index >= 15 is 0 Å². The van der Waals surface area contributed by atoms with E-state index in [1.165, 1.54) is 0 Å². The zero-order chi connectivity index (χ0) is 10.7. The second-order valence-electron chi connectivity index (χ2n) is 2.76. The molecule has 1 atom stereocenters. The van der Waals surface area contributed by atoms with Crippen LogP contribution in [-0.2, 0) is 11.2 Å². The van der Waals surface area contributed by atoms with E-state index in [1.54, 1.807) is 0 Å². The first kappa shape index (κ1) is 11.0. The molecule has 14 heavy (non-hydrogen) atoms. The number of carboxylic acid groups (broad SMARTS) is 1. The fourth-order valence-corrected chi connectivity index (χ4v) is 1.69. The van der Waals surface area contributed by atoms with Gasteiger partial charge in [0, 0.05) is 0 Å². The number of aromatic amines is 1. The molecule has 1 rings (SSSR count). The molecule has 0 amide bonds. The van der Waals surface area contributed by atoms with Crippen molar-refractivity contribution in [3.63, 3.8) is 0 Å². The summed E-state index contributed by atoms with van der Waals surface area (Å²) in [7, 11) is 0. The molecule has 4 N–H and O–H groups in total. The van der Waals surface area contributed by atoms with Gasteiger partial charge in [-0.05, 0) is 0 Å². The van der Waals surface area contributed by atoms with Crippen molar-refractivity contribution in [3.8, 4) is 0 Å².